The molecule has 0 unspecified atom stereocenters. The van der Waals surface area contributed by atoms with Crippen molar-refractivity contribution in [1.29, 1.82) is 0 Å². The summed E-state index contributed by atoms with van der Waals surface area (Å²) in [7, 11) is 1.58. The number of benzene rings is 2. The summed E-state index contributed by atoms with van der Waals surface area (Å²) in [4.78, 5) is 36.8. The highest BCUT2D eigenvalue weighted by atomic mass is 16.5. The molecular weight excluding hydrogens is 452 g/mol. The van der Waals surface area contributed by atoms with Gasteiger partial charge >= 0.3 is 12.1 Å². The third kappa shape index (κ3) is 4.24. The summed E-state index contributed by atoms with van der Waals surface area (Å²) in [6.07, 6.45) is -0.163. The van der Waals surface area contributed by atoms with Crippen molar-refractivity contribution in [2.75, 3.05) is 18.5 Å². The molecule has 0 spiro atoms. The lowest BCUT2D eigenvalue weighted by molar-refractivity contribution is -0.148. The molecule has 5 rings (SSSR count). The van der Waals surface area contributed by atoms with Crippen LogP contribution in [0.3, 0.4) is 0 Å². The summed E-state index contributed by atoms with van der Waals surface area (Å²) in [5, 5.41) is 18.6. The van der Waals surface area contributed by atoms with E-state index in [2.05, 4.69) is 27.9 Å². The number of aliphatic carboxylic acids is 1. The van der Waals surface area contributed by atoms with Gasteiger partial charge in [0.1, 0.15) is 18.0 Å². The van der Waals surface area contributed by atoms with Crippen LogP contribution in [0.2, 0.25) is 0 Å². The SMILES string of the molecule is Cn1ncc(C(=O)N[C@@H]2CCO[C@@H]2C(=O)O)c1NC(=O)OCC1c2ccccc2-c2ccccc21. The highest BCUT2D eigenvalue weighted by Crippen LogP contribution is 2.44. The number of hydrogen-bond acceptors (Lipinski definition) is 6. The summed E-state index contributed by atoms with van der Waals surface area (Å²) >= 11 is 0. The fraction of sp³-hybridized carbons (Fsp3) is 0.280. The molecule has 1 aromatic heterocycles. The standard InChI is InChI=1S/C25H24N4O6/c1-29-22(18(12-26-29)23(30)27-20-10-11-34-21(20)24(31)32)28-25(33)35-13-19-16-8-4-2-6-14(16)15-7-3-5-9-17(15)19/h2-9,12,19-21H,10-11,13H2,1H3,(H,27,30)(H,28,33)(H,31,32)/t20-,21+/m1/s1. The normalized spacial score (nSPS) is 18.5. The van der Waals surface area contributed by atoms with Crippen LogP contribution in [0.15, 0.2) is 54.7 Å². The minimum absolute atomic E-state index is 0.0945. The first kappa shape index (κ1) is 22.6. The predicted molar refractivity (Wildman–Crippen MR) is 125 cm³/mol. The first-order valence-corrected chi connectivity index (χ1v) is 11.2. The van der Waals surface area contributed by atoms with E-state index < -0.39 is 30.1 Å². The largest absolute Gasteiger partial charge is 0.479 e. The minimum atomic E-state index is -1.14. The molecule has 2 atom stereocenters. The van der Waals surface area contributed by atoms with Crippen LogP contribution in [0.25, 0.3) is 11.1 Å². The Bertz CT molecular complexity index is 1260. The molecule has 0 saturated carbocycles. The van der Waals surface area contributed by atoms with Gasteiger partial charge in [0.2, 0.25) is 0 Å². The van der Waals surface area contributed by atoms with Gasteiger partial charge in [-0.25, -0.2) is 9.59 Å². The van der Waals surface area contributed by atoms with Crippen LogP contribution < -0.4 is 10.6 Å². The van der Waals surface area contributed by atoms with Crippen molar-refractivity contribution >= 4 is 23.8 Å². The van der Waals surface area contributed by atoms with Gasteiger partial charge in [-0.1, -0.05) is 48.5 Å². The van der Waals surface area contributed by atoms with Gasteiger partial charge in [-0.05, 0) is 28.7 Å². The Morgan fingerprint density at radius 3 is 2.43 bits per heavy atom. The van der Waals surface area contributed by atoms with Crippen LogP contribution in [-0.4, -0.2) is 58.2 Å². The number of carboxylic acid groups (broad SMARTS) is 1. The van der Waals surface area contributed by atoms with E-state index in [1.54, 1.807) is 7.05 Å². The molecule has 3 N–H and O–H groups in total. The quantitative estimate of drug-likeness (QED) is 0.498. The zero-order chi connectivity index (χ0) is 24.5. The van der Waals surface area contributed by atoms with Gasteiger partial charge in [0, 0.05) is 19.6 Å². The second-order valence-electron chi connectivity index (χ2n) is 8.48. The molecule has 180 valence electrons. The van der Waals surface area contributed by atoms with Crippen LogP contribution in [0.1, 0.15) is 33.8 Å². The Balaban J connectivity index is 1.27. The first-order chi connectivity index (χ1) is 16.9. The van der Waals surface area contributed by atoms with Crippen molar-refractivity contribution < 1.29 is 29.0 Å². The van der Waals surface area contributed by atoms with E-state index in [0.717, 1.165) is 22.3 Å². The number of carboxylic acids is 1. The van der Waals surface area contributed by atoms with E-state index in [9.17, 15) is 19.5 Å². The number of carbonyl (C=O) groups is 3. The zero-order valence-electron chi connectivity index (χ0n) is 18.9. The molecule has 10 nitrogen and oxygen atoms in total. The summed E-state index contributed by atoms with van der Waals surface area (Å²) in [6, 6.07) is 15.4. The Morgan fingerprint density at radius 1 is 1.11 bits per heavy atom. The number of nitrogens with one attached hydrogen (secondary N) is 2. The van der Waals surface area contributed by atoms with Crippen LogP contribution in [0.5, 0.6) is 0 Å². The van der Waals surface area contributed by atoms with Gasteiger partial charge < -0.3 is 19.9 Å². The Labute approximate surface area is 200 Å². The van der Waals surface area contributed by atoms with Crippen molar-refractivity contribution in [2.24, 2.45) is 7.05 Å². The smallest absolute Gasteiger partial charge is 0.412 e. The van der Waals surface area contributed by atoms with Gasteiger partial charge in [-0.2, -0.15) is 5.10 Å². The van der Waals surface area contributed by atoms with Gasteiger partial charge in [-0.15, -0.1) is 0 Å². The fourth-order valence-corrected chi connectivity index (χ4v) is 4.71. The van der Waals surface area contributed by atoms with E-state index in [0.29, 0.717) is 6.42 Å². The van der Waals surface area contributed by atoms with Crippen LogP contribution in [-0.2, 0) is 21.3 Å². The number of hydrogen-bond donors (Lipinski definition) is 3. The lowest BCUT2D eigenvalue weighted by atomic mass is 9.98. The maximum atomic E-state index is 12.8. The molecule has 2 amide bonds. The average Bonchev–Trinajstić information content (AvgIpc) is 3.54. The van der Waals surface area contributed by atoms with E-state index in [-0.39, 0.29) is 30.5 Å². The Kier molecular flexibility index (Phi) is 5.96. The van der Waals surface area contributed by atoms with Crippen molar-refractivity contribution in [3.05, 3.63) is 71.4 Å². The average molecular weight is 476 g/mol. The molecular formula is C25H24N4O6. The molecule has 10 heteroatoms. The number of fused-ring (bicyclic) bond motifs is 3. The van der Waals surface area contributed by atoms with E-state index in [4.69, 9.17) is 9.47 Å². The summed E-state index contributed by atoms with van der Waals surface area (Å²) in [5.74, 6) is -1.66. The highest BCUT2D eigenvalue weighted by molar-refractivity contribution is 6.02. The first-order valence-electron chi connectivity index (χ1n) is 11.2. The second-order valence-corrected chi connectivity index (χ2v) is 8.48. The van der Waals surface area contributed by atoms with Crippen molar-refractivity contribution in [3.63, 3.8) is 0 Å². The molecule has 0 bridgehead atoms. The molecule has 2 aliphatic rings. The fourth-order valence-electron chi connectivity index (χ4n) is 4.71. The second kappa shape index (κ2) is 9.22. The number of aryl methyl sites for hydroxylation is 1. The number of ether oxygens (including phenoxy) is 2. The molecule has 3 aromatic rings. The maximum absolute atomic E-state index is 12.8. The number of rotatable bonds is 6. The lowest BCUT2D eigenvalue weighted by Gasteiger charge is -2.17. The number of anilines is 1. The molecule has 2 aromatic carbocycles. The number of amides is 2. The Hall–Kier alpha value is -4.18. The highest BCUT2D eigenvalue weighted by Gasteiger charge is 2.36. The summed E-state index contributed by atoms with van der Waals surface area (Å²) < 4.78 is 12.1. The summed E-state index contributed by atoms with van der Waals surface area (Å²) in [5.41, 5.74) is 4.52. The monoisotopic (exact) mass is 476 g/mol. The topological polar surface area (TPSA) is 132 Å². The third-order valence-electron chi connectivity index (χ3n) is 6.40. The minimum Gasteiger partial charge on any atom is -0.479 e. The van der Waals surface area contributed by atoms with Gasteiger partial charge in [0.05, 0.1) is 12.2 Å². The molecule has 2 heterocycles. The van der Waals surface area contributed by atoms with Gasteiger partial charge in [0.25, 0.3) is 5.91 Å². The van der Waals surface area contributed by atoms with E-state index in [1.807, 2.05) is 36.4 Å². The molecule has 0 radical (unpaired) electrons. The number of nitrogens with zero attached hydrogens (tertiary/aromatic N) is 2. The van der Waals surface area contributed by atoms with Crippen LogP contribution >= 0.6 is 0 Å². The molecule has 1 aliphatic carbocycles. The number of carbonyl (C=O) groups excluding carboxylic acids is 2. The molecule has 1 saturated heterocycles. The van der Waals surface area contributed by atoms with Crippen molar-refractivity contribution in [1.82, 2.24) is 15.1 Å². The molecule has 1 fully saturated rings. The van der Waals surface area contributed by atoms with Crippen LogP contribution in [0.4, 0.5) is 10.6 Å². The van der Waals surface area contributed by atoms with E-state index in [1.165, 1.54) is 10.9 Å². The lowest BCUT2D eigenvalue weighted by Crippen LogP contribution is -2.44. The van der Waals surface area contributed by atoms with Crippen molar-refractivity contribution in [3.8, 4) is 11.1 Å². The van der Waals surface area contributed by atoms with Gasteiger partial charge in [0.15, 0.2) is 6.10 Å². The number of aromatic nitrogens is 2. The zero-order valence-corrected chi connectivity index (χ0v) is 18.9. The Morgan fingerprint density at radius 2 is 1.77 bits per heavy atom. The van der Waals surface area contributed by atoms with Crippen molar-refractivity contribution in [2.45, 2.75) is 24.5 Å². The maximum Gasteiger partial charge on any atom is 0.412 e. The van der Waals surface area contributed by atoms with Gasteiger partial charge in [-0.3, -0.25) is 14.8 Å². The predicted octanol–water partition coefficient (Wildman–Crippen LogP) is 2.75. The van der Waals surface area contributed by atoms with E-state index >= 15 is 0 Å². The third-order valence-corrected chi connectivity index (χ3v) is 6.40. The van der Waals surface area contributed by atoms with Crippen LogP contribution in [0, 0.1) is 0 Å². The summed E-state index contributed by atoms with van der Waals surface area (Å²) in [6.45, 7) is 0.360. The molecule has 1 aliphatic heterocycles. The molecule has 35 heavy (non-hydrogen) atoms.